The zero-order valence-corrected chi connectivity index (χ0v) is 8.42. The van der Waals surface area contributed by atoms with Gasteiger partial charge in [0.15, 0.2) is 5.75 Å². The third kappa shape index (κ3) is 2.10. The third-order valence-corrected chi connectivity index (χ3v) is 1.96. The molecule has 0 bridgehead atoms. The first-order chi connectivity index (χ1) is 7.29. The van der Waals surface area contributed by atoms with E-state index in [2.05, 4.69) is 5.10 Å². The van der Waals surface area contributed by atoms with E-state index < -0.39 is 0 Å². The van der Waals surface area contributed by atoms with Crippen LogP contribution in [0.4, 0.5) is 0 Å². The summed E-state index contributed by atoms with van der Waals surface area (Å²) < 4.78 is 6.95. The fraction of sp³-hybridized carbons (Fsp3) is 0.182. The number of hydrogen-bond donors (Lipinski definition) is 1. The number of benzene rings is 1. The van der Waals surface area contributed by atoms with Gasteiger partial charge in [0.1, 0.15) is 5.75 Å². The maximum atomic E-state index is 9.31. The first-order valence-corrected chi connectivity index (χ1v) is 4.76. The van der Waals surface area contributed by atoms with Crippen LogP contribution in [0.1, 0.15) is 6.92 Å². The van der Waals surface area contributed by atoms with Gasteiger partial charge in [-0.25, -0.2) is 4.68 Å². The molecule has 0 saturated heterocycles. The molecule has 1 heterocycles. The van der Waals surface area contributed by atoms with E-state index in [0.717, 1.165) is 11.4 Å². The molecule has 0 aliphatic rings. The Bertz CT molecular complexity index is 451. The largest absolute Gasteiger partial charge is 0.508 e. The molecular formula is C11H12N2O2. The van der Waals surface area contributed by atoms with Gasteiger partial charge < -0.3 is 9.84 Å². The first-order valence-electron chi connectivity index (χ1n) is 4.76. The minimum Gasteiger partial charge on any atom is -0.508 e. The Morgan fingerprint density at radius 1 is 1.47 bits per heavy atom. The molecule has 15 heavy (non-hydrogen) atoms. The Balaban J connectivity index is 2.29. The molecule has 1 aromatic carbocycles. The third-order valence-electron chi connectivity index (χ3n) is 1.96. The topological polar surface area (TPSA) is 47.3 Å². The number of nitrogens with zero attached hydrogens (tertiary/aromatic N) is 2. The molecule has 0 fully saturated rings. The number of hydrogen-bond acceptors (Lipinski definition) is 3. The van der Waals surface area contributed by atoms with Crippen LogP contribution in [0.3, 0.4) is 0 Å². The van der Waals surface area contributed by atoms with Crippen LogP contribution >= 0.6 is 0 Å². The molecular weight excluding hydrogens is 192 g/mol. The van der Waals surface area contributed by atoms with Crippen molar-refractivity contribution in [3.05, 3.63) is 36.7 Å². The highest BCUT2D eigenvalue weighted by atomic mass is 16.5. The molecule has 1 N–H and O–H groups in total. The number of phenolic OH excluding ortho intramolecular Hbond substituents is 1. The van der Waals surface area contributed by atoms with Gasteiger partial charge in [0, 0.05) is 6.07 Å². The van der Waals surface area contributed by atoms with Crippen LogP contribution in [-0.4, -0.2) is 21.5 Å². The van der Waals surface area contributed by atoms with E-state index in [4.69, 9.17) is 4.74 Å². The molecule has 0 aliphatic carbocycles. The average molecular weight is 204 g/mol. The quantitative estimate of drug-likeness (QED) is 0.831. The van der Waals surface area contributed by atoms with Gasteiger partial charge in [-0.1, -0.05) is 6.07 Å². The van der Waals surface area contributed by atoms with Crippen molar-refractivity contribution in [1.82, 2.24) is 9.78 Å². The lowest BCUT2D eigenvalue weighted by Crippen LogP contribution is -1.93. The predicted molar refractivity (Wildman–Crippen MR) is 56.4 cm³/mol. The number of aromatic nitrogens is 2. The van der Waals surface area contributed by atoms with E-state index in [1.807, 2.05) is 13.0 Å². The minimum absolute atomic E-state index is 0.223. The highest BCUT2D eigenvalue weighted by molar-refractivity contribution is 5.38. The number of rotatable bonds is 3. The van der Waals surface area contributed by atoms with E-state index in [-0.39, 0.29) is 5.75 Å². The molecule has 0 amide bonds. The Labute approximate surface area is 87.7 Å². The number of aromatic hydroxyl groups is 1. The Morgan fingerprint density at radius 3 is 3.07 bits per heavy atom. The number of ether oxygens (including phenoxy) is 1. The molecule has 0 spiro atoms. The lowest BCUT2D eigenvalue weighted by molar-refractivity contribution is 0.340. The molecule has 0 saturated carbocycles. The van der Waals surface area contributed by atoms with Crippen molar-refractivity contribution in [2.24, 2.45) is 0 Å². The van der Waals surface area contributed by atoms with Crippen LogP contribution in [0.5, 0.6) is 11.5 Å². The minimum atomic E-state index is 0.223. The van der Waals surface area contributed by atoms with Gasteiger partial charge in [-0.05, 0) is 19.1 Å². The van der Waals surface area contributed by atoms with Crippen molar-refractivity contribution in [3.8, 4) is 17.2 Å². The highest BCUT2D eigenvalue weighted by Gasteiger charge is 2.01. The molecule has 4 nitrogen and oxygen atoms in total. The van der Waals surface area contributed by atoms with Crippen LogP contribution in [0.2, 0.25) is 0 Å². The van der Waals surface area contributed by atoms with Gasteiger partial charge in [-0.2, -0.15) is 5.10 Å². The summed E-state index contributed by atoms with van der Waals surface area (Å²) in [6, 6.07) is 6.90. The molecule has 1 aromatic heterocycles. The van der Waals surface area contributed by atoms with Gasteiger partial charge in [-0.3, -0.25) is 0 Å². The van der Waals surface area contributed by atoms with E-state index in [0.29, 0.717) is 6.61 Å². The van der Waals surface area contributed by atoms with Crippen molar-refractivity contribution in [2.75, 3.05) is 6.61 Å². The summed E-state index contributed by atoms with van der Waals surface area (Å²) in [5, 5.41) is 13.4. The van der Waals surface area contributed by atoms with E-state index in [1.54, 1.807) is 35.3 Å². The molecule has 4 heteroatoms. The molecule has 78 valence electrons. The van der Waals surface area contributed by atoms with E-state index >= 15 is 0 Å². The van der Waals surface area contributed by atoms with Gasteiger partial charge in [-0.15, -0.1) is 0 Å². The molecule has 0 unspecified atom stereocenters. The zero-order chi connectivity index (χ0) is 10.7. The standard InChI is InChI=1S/C11H12N2O2/c1-2-15-11-7-12-13(8-11)9-4-3-5-10(14)6-9/h3-8,14H,2H2,1H3. The van der Waals surface area contributed by atoms with Crippen molar-refractivity contribution in [2.45, 2.75) is 6.92 Å². The maximum Gasteiger partial charge on any atom is 0.157 e. The maximum absolute atomic E-state index is 9.31. The second kappa shape index (κ2) is 4.04. The van der Waals surface area contributed by atoms with Crippen LogP contribution < -0.4 is 4.74 Å². The normalized spacial score (nSPS) is 10.2. The zero-order valence-electron chi connectivity index (χ0n) is 8.42. The number of phenols is 1. The highest BCUT2D eigenvalue weighted by Crippen LogP contribution is 2.17. The Hall–Kier alpha value is -1.97. The van der Waals surface area contributed by atoms with Crippen LogP contribution in [0.15, 0.2) is 36.7 Å². The summed E-state index contributed by atoms with van der Waals surface area (Å²) >= 11 is 0. The van der Waals surface area contributed by atoms with Crippen molar-refractivity contribution < 1.29 is 9.84 Å². The summed E-state index contributed by atoms with van der Waals surface area (Å²) in [5.74, 6) is 0.946. The first kappa shape index (κ1) is 9.58. The summed E-state index contributed by atoms with van der Waals surface area (Å²) in [6.07, 6.45) is 3.42. The fourth-order valence-electron chi connectivity index (χ4n) is 1.32. The molecule has 2 rings (SSSR count). The van der Waals surface area contributed by atoms with Crippen molar-refractivity contribution >= 4 is 0 Å². The Morgan fingerprint density at radius 2 is 2.33 bits per heavy atom. The second-order valence-electron chi connectivity index (χ2n) is 3.07. The SMILES string of the molecule is CCOc1cnn(-c2cccc(O)c2)c1. The van der Waals surface area contributed by atoms with Crippen LogP contribution in [0.25, 0.3) is 5.69 Å². The predicted octanol–water partition coefficient (Wildman–Crippen LogP) is 1.98. The lowest BCUT2D eigenvalue weighted by Gasteiger charge is -2.01. The molecule has 0 atom stereocenters. The summed E-state index contributed by atoms with van der Waals surface area (Å²) in [6.45, 7) is 2.54. The molecule has 2 aromatic rings. The van der Waals surface area contributed by atoms with Crippen molar-refractivity contribution in [3.63, 3.8) is 0 Å². The van der Waals surface area contributed by atoms with Gasteiger partial charge in [0.2, 0.25) is 0 Å². The average Bonchev–Trinajstić information content (AvgIpc) is 2.67. The van der Waals surface area contributed by atoms with Gasteiger partial charge in [0.05, 0.1) is 24.7 Å². The molecule has 0 aliphatic heterocycles. The second-order valence-corrected chi connectivity index (χ2v) is 3.07. The smallest absolute Gasteiger partial charge is 0.157 e. The fourth-order valence-corrected chi connectivity index (χ4v) is 1.32. The summed E-state index contributed by atoms with van der Waals surface area (Å²) in [7, 11) is 0. The van der Waals surface area contributed by atoms with Gasteiger partial charge in [0.25, 0.3) is 0 Å². The molecule has 0 radical (unpaired) electrons. The lowest BCUT2D eigenvalue weighted by atomic mass is 10.3. The monoisotopic (exact) mass is 204 g/mol. The van der Waals surface area contributed by atoms with Crippen LogP contribution in [0, 0.1) is 0 Å². The summed E-state index contributed by atoms with van der Waals surface area (Å²) in [5.41, 5.74) is 0.806. The van der Waals surface area contributed by atoms with Gasteiger partial charge >= 0.3 is 0 Å². The Kier molecular flexibility index (Phi) is 2.58. The van der Waals surface area contributed by atoms with E-state index in [9.17, 15) is 5.11 Å². The van der Waals surface area contributed by atoms with Crippen molar-refractivity contribution in [1.29, 1.82) is 0 Å². The summed E-state index contributed by atoms with van der Waals surface area (Å²) in [4.78, 5) is 0. The van der Waals surface area contributed by atoms with Crippen LogP contribution in [-0.2, 0) is 0 Å². The van der Waals surface area contributed by atoms with E-state index in [1.165, 1.54) is 0 Å².